The maximum Gasteiger partial charge on any atom is 0.264 e. The van der Waals surface area contributed by atoms with E-state index in [1.165, 1.54) is 0 Å². The molecule has 0 saturated carbocycles. The van der Waals surface area contributed by atoms with Crippen molar-refractivity contribution >= 4 is 0 Å². The highest BCUT2D eigenvalue weighted by Gasteiger charge is 2.32. The largest absolute Gasteiger partial charge is 0.319 e. The molecule has 0 aromatic heterocycles. The molecular weight excluding hydrogens is 184 g/mol. The van der Waals surface area contributed by atoms with Gasteiger partial charge >= 0.3 is 0 Å². The first kappa shape index (κ1) is 11.1. The Kier molecular flexibility index (Phi) is 2.90. The predicted molar refractivity (Wildman–Crippen MR) is 53.5 cm³/mol. The summed E-state index contributed by atoms with van der Waals surface area (Å²) in [4.78, 5) is 0. The van der Waals surface area contributed by atoms with E-state index in [1.807, 2.05) is 19.9 Å². The van der Waals surface area contributed by atoms with Gasteiger partial charge in [0.05, 0.1) is 6.04 Å². The molecule has 2 N–H and O–H groups in total. The molecule has 0 aliphatic rings. The van der Waals surface area contributed by atoms with Crippen LogP contribution in [0.4, 0.5) is 8.78 Å². The van der Waals surface area contributed by atoms with E-state index in [0.717, 1.165) is 18.1 Å². The van der Waals surface area contributed by atoms with Crippen LogP contribution in [-0.4, -0.2) is 5.92 Å². The summed E-state index contributed by atoms with van der Waals surface area (Å²) in [6.45, 7) is 4.55. The van der Waals surface area contributed by atoms with Gasteiger partial charge in [0.1, 0.15) is 0 Å². The van der Waals surface area contributed by atoms with Crippen LogP contribution in [0.15, 0.2) is 18.2 Å². The molecule has 1 rings (SSSR count). The average Bonchev–Trinajstić information content (AvgIpc) is 2.07. The first-order valence-electron chi connectivity index (χ1n) is 4.53. The molecule has 1 unspecified atom stereocenters. The number of aryl methyl sites for hydroxylation is 1. The third-order valence-corrected chi connectivity index (χ3v) is 2.53. The first-order chi connectivity index (χ1) is 6.34. The Morgan fingerprint density at radius 3 is 2.36 bits per heavy atom. The summed E-state index contributed by atoms with van der Waals surface area (Å²) in [5.74, 6) is -2.88. The molecule has 0 radical (unpaired) electrons. The maximum absolute atomic E-state index is 13.0. The van der Waals surface area contributed by atoms with Crippen molar-refractivity contribution in [1.82, 2.24) is 0 Å². The van der Waals surface area contributed by atoms with Gasteiger partial charge in [0, 0.05) is 6.92 Å². The summed E-state index contributed by atoms with van der Waals surface area (Å²) >= 11 is 0. The van der Waals surface area contributed by atoms with Crippen LogP contribution in [0, 0.1) is 13.8 Å². The van der Waals surface area contributed by atoms with E-state index in [2.05, 4.69) is 0 Å². The number of alkyl halides is 2. The number of rotatable bonds is 2. The molecule has 14 heavy (non-hydrogen) atoms. The predicted octanol–water partition coefficient (Wildman–Crippen LogP) is 2.96. The van der Waals surface area contributed by atoms with Crippen molar-refractivity contribution in [3.8, 4) is 0 Å². The molecule has 1 aromatic carbocycles. The molecule has 1 atom stereocenters. The minimum atomic E-state index is -2.88. The zero-order valence-corrected chi connectivity index (χ0v) is 8.64. The molecule has 0 amide bonds. The highest BCUT2D eigenvalue weighted by atomic mass is 19.3. The lowest BCUT2D eigenvalue weighted by Crippen LogP contribution is -2.30. The second-order valence-electron chi connectivity index (χ2n) is 3.72. The normalized spacial score (nSPS) is 14.1. The molecule has 0 bridgehead atoms. The van der Waals surface area contributed by atoms with Gasteiger partial charge in [0.15, 0.2) is 0 Å². The van der Waals surface area contributed by atoms with Gasteiger partial charge in [-0.2, -0.15) is 0 Å². The van der Waals surface area contributed by atoms with Gasteiger partial charge < -0.3 is 5.73 Å². The Bertz CT molecular complexity index is 329. The van der Waals surface area contributed by atoms with Crippen molar-refractivity contribution in [1.29, 1.82) is 0 Å². The highest BCUT2D eigenvalue weighted by Crippen LogP contribution is 2.31. The summed E-state index contributed by atoms with van der Waals surface area (Å²) in [7, 11) is 0. The fourth-order valence-corrected chi connectivity index (χ4v) is 1.38. The van der Waals surface area contributed by atoms with E-state index in [-0.39, 0.29) is 0 Å². The minimum Gasteiger partial charge on any atom is -0.319 e. The molecule has 0 fully saturated rings. The van der Waals surface area contributed by atoms with Gasteiger partial charge in [-0.1, -0.05) is 18.2 Å². The quantitative estimate of drug-likeness (QED) is 0.778. The second kappa shape index (κ2) is 3.65. The monoisotopic (exact) mass is 199 g/mol. The second-order valence-corrected chi connectivity index (χ2v) is 3.72. The third-order valence-electron chi connectivity index (χ3n) is 2.53. The molecule has 1 nitrogen and oxygen atoms in total. The van der Waals surface area contributed by atoms with Gasteiger partial charge in [-0.15, -0.1) is 0 Å². The van der Waals surface area contributed by atoms with Crippen LogP contribution >= 0.6 is 0 Å². The number of halogens is 2. The van der Waals surface area contributed by atoms with Crippen LogP contribution < -0.4 is 5.73 Å². The molecule has 1 aromatic rings. The van der Waals surface area contributed by atoms with Gasteiger partial charge in [-0.25, -0.2) is 8.78 Å². The number of hydrogen-bond acceptors (Lipinski definition) is 1. The number of benzene rings is 1. The van der Waals surface area contributed by atoms with Crippen LogP contribution in [0.2, 0.25) is 0 Å². The molecule has 0 spiro atoms. The molecule has 0 aliphatic carbocycles. The van der Waals surface area contributed by atoms with Crippen molar-refractivity contribution < 1.29 is 8.78 Å². The Hall–Kier alpha value is -0.960. The van der Waals surface area contributed by atoms with Crippen molar-refractivity contribution in [2.24, 2.45) is 5.73 Å². The van der Waals surface area contributed by atoms with Crippen LogP contribution in [0.3, 0.4) is 0 Å². The first-order valence-corrected chi connectivity index (χ1v) is 4.53. The Balaban J connectivity index is 3.14. The van der Waals surface area contributed by atoms with Gasteiger partial charge in [-0.3, -0.25) is 0 Å². The number of hydrogen-bond donors (Lipinski definition) is 1. The Morgan fingerprint density at radius 2 is 1.86 bits per heavy atom. The van der Waals surface area contributed by atoms with Gasteiger partial charge in [0.25, 0.3) is 5.92 Å². The molecular formula is C11H15F2N. The molecule has 0 aliphatic heterocycles. The van der Waals surface area contributed by atoms with Gasteiger partial charge in [0.2, 0.25) is 0 Å². The lowest BCUT2D eigenvalue weighted by Gasteiger charge is -2.22. The minimum absolute atomic E-state index is 0.525. The van der Waals surface area contributed by atoms with Crippen molar-refractivity contribution in [3.05, 3.63) is 34.9 Å². The molecule has 0 heterocycles. The topological polar surface area (TPSA) is 26.0 Å². The lowest BCUT2D eigenvalue weighted by molar-refractivity contribution is -0.00639. The standard InChI is InChI=1S/C11H15F2N/c1-7-5-4-6-9(8(7)2)10(14)11(3,12)13/h4-6,10H,14H2,1-3H3. The molecule has 0 saturated heterocycles. The maximum atomic E-state index is 13.0. The van der Waals surface area contributed by atoms with Crippen LogP contribution in [-0.2, 0) is 0 Å². The average molecular weight is 199 g/mol. The Morgan fingerprint density at radius 1 is 1.29 bits per heavy atom. The summed E-state index contributed by atoms with van der Waals surface area (Å²) in [6, 6.07) is 4.08. The van der Waals surface area contributed by atoms with Crippen molar-refractivity contribution in [3.63, 3.8) is 0 Å². The summed E-state index contributed by atoms with van der Waals surface area (Å²) < 4.78 is 26.0. The zero-order chi connectivity index (χ0) is 10.9. The lowest BCUT2D eigenvalue weighted by atomic mass is 9.95. The van der Waals surface area contributed by atoms with Crippen LogP contribution in [0.1, 0.15) is 29.7 Å². The van der Waals surface area contributed by atoms with E-state index in [9.17, 15) is 8.78 Å². The fourth-order valence-electron chi connectivity index (χ4n) is 1.38. The van der Waals surface area contributed by atoms with E-state index in [4.69, 9.17) is 5.73 Å². The van der Waals surface area contributed by atoms with Crippen molar-refractivity contribution in [2.45, 2.75) is 32.7 Å². The highest BCUT2D eigenvalue weighted by molar-refractivity contribution is 5.36. The number of nitrogens with two attached hydrogens (primary N) is 1. The van der Waals surface area contributed by atoms with E-state index < -0.39 is 12.0 Å². The molecule has 3 heteroatoms. The molecule has 78 valence electrons. The van der Waals surface area contributed by atoms with Crippen LogP contribution in [0.25, 0.3) is 0 Å². The van der Waals surface area contributed by atoms with Crippen molar-refractivity contribution in [2.75, 3.05) is 0 Å². The fraction of sp³-hybridized carbons (Fsp3) is 0.455. The third kappa shape index (κ3) is 2.10. The van der Waals surface area contributed by atoms with Gasteiger partial charge in [-0.05, 0) is 30.5 Å². The van der Waals surface area contributed by atoms with E-state index >= 15 is 0 Å². The van der Waals surface area contributed by atoms with E-state index in [1.54, 1.807) is 12.1 Å². The Labute approximate surface area is 82.9 Å². The van der Waals surface area contributed by atoms with E-state index in [0.29, 0.717) is 5.56 Å². The summed E-state index contributed by atoms with van der Waals surface area (Å²) in [5.41, 5.74) is 7.85. The SMILES string of the molecule is Cc1cccc(C(N)C(C)(F)F)c1C. The summed E-state index contributed by atoms with van der Waals surface area (Å²) in [6.07, 6.45) is 0. The summed E-state index contributed by atoms with van der Waals surface area (Å²) in [5, 5.41) is 0. The smallest absolute Gasteiger partial charge is 0.264 e. The van der Waals surface area contributed by atoms with Crippen LogP contribution in [0.5, 0.6) is 0 Å². The zero-order valence-electron chi connectivity index (χ0n) is 8.64.